The fourth-order valence-corrected chi connectivity index (χ4v) is 3.75. The van der Waals surface area contributed by atoms with Crippen LogP contribution in [0.2, 0.25) is 10.0 Å². The summed E-state index contributed by atoms with van der Waals surface area (Å²) in [5.41, 5.74) is 8.25. The van der Waals surface area contributed by atoms with Gasteiger partial charge >= 0.3 is 0 Å². The molecule has 1 aromatic heterocycles. The van der Waals surface area contributed by atoms with E-state index in [0.29, 0.717) is 16.5 Å². The molecule has 136 valence electrons. The molecule has 0 amide bonds. The number of fused-ring (bicyclic) bond motifs is 1. The quantitative estimate of drug-likeness (QED) is 0.670. The van der Waals surface area contributed by atoms with Crippen LogP contribution in [0.3, 0.4) is 0 Å². The van der Waals surface area contributed by atoms with Crippen LogP contribution >= 0.6 is 23.2 Å². The molecular weight excluding hydrogens is 381 g/mol. The number of halogens is 2. The molecule has 27 heavy (non-hydrogen) atoms. The Kier molecular flexibility index (Phi) is 5.01. The summed E-state index contributed by atoms with van der Waals surface area (Å²) in [6.45, 7) is 0. The van der Waals surface area contributed by atoms with E-state index in [1.54, 1.807) is 19.5 Å². The van der Waals surface area contributed by atoms with Crippen LogP contribution in [0.1, 0.15) is 28.3 Å². The van der Waals surface area contributed by atoms with Gasteiger partial charge in [-0.1, -0.05) is 53.5 Å². The van der Waals surface area contributed by atoms with E-state index in [0.717, 1.165) is 33.7 Å². The van der Waals surface area contributed by atoms with Crippen LogP contribution in [0.25, 0.3) is 0 Å². The van der Waals surface area contributed by atoms with Gasteiger partial charge in [-0.15, -0.1) is 0 Å². The molecule has 0 radical (unpaired) electrons. The van der Waals surface area contributed by atoms with E-state index < -0.39 is 0 Å². The van der Waals surface area contributed by atoms with E-state index in [1.807, 2.05) is 36.4 Å². The second kappa shape index (κ2) is 7.59. The molecule has 2 heterocycles. The minimum absolute atomic E-state index is 0.0524. The highest BCUT2D eigenvalue weighted by atomic mass is 35.5. The van der Waals surface area contributed by atoms with Crippen molar-refractivity contribution in [2.45, 2.75) is 12.5 Å². The normalized spacial score (nSPS) is 15.5. The molecule has 0 fully saturated rings. The molecule has 0 bridgehead atoms. The third-order valence-corrected chi connectivity index (χ3v) is 5.29. The van der Waals surface area contributed by atoms with Crippen molar-refractivity contribution in [3.8, 4) is 5.75 Å². The second-order valence-electron chi connectivity index (χ2n) is 6.24. The van der Waals surface area contributed by atoms with Crippen molar-refractivity contribution in [1.29, 1.82) is 0 Å². The van der Waals surface area contributed by atoms with Gasteiger partial charge in [-0.3, -0.25) is 10.4 Å². The van der Waals surface area contributed by atoms with Crippen molar-refractivity contribution in [3.63, 3.8) is 0 Å². The van der Waals surface area contributed by atoms with Crippen LogP contribution in [0.5, 0.6) is 5.75 Å². The van der Waals surface area contributed by atoms with Gasteiger partial charge in [0.15, 0.2) is 0 Å². The Balaban J connectivity index is 1.77. The molecule has 1 unspecified atom stereocenters. The van der Waals surface area contributed by atoms with Gasteiger partial charge < -0.3 is 4.74 Å². The van der Waals surface area contributed by atoms with Gasteiger partial charge in [0.05, 0.1) is 28.9 Å². The Morgan fingerprint density at radius 3 is 2.48 bits per heavy atom. The van der Waals surface area contributed by atoms with Crippen molar-refractivity contribution in [2.24, 2.45) is 5.10 Å². The zero-order chi connectivity index (χ0) is 18.8. The lowest BCUT2D eigenvalue weighted by Gasteiger charge is -2.27. The van der Waals surface area contributed by atoms with Gasteiger partial charge in [0.1, 0.15) is 5.75 Å². The minimum atomic E-state index is -0.0524. The summed E-state index contributed by atoms with van der Waals surface area (Å²) in [6.07, 6.45) is 3.70. The van der Waals surface area contributed by atoms with E-state index >= 15 is 0 Å². The molecule has 1 atom stereocenters. The lowest BCUT2D eigenvalue weighted by molar-refractivity contribution is 0.413. The monoisotopic (exact) mass is 397 g/mol. The molecule has 1 aliphatic rings. The molecule has 3 aromatic rings. The summed E-state index contributed by atoms with van der Waals surface area (Å²) in [7, 11) is 1.67. The van der Waals surface area contributed by atoms with Crippen molar-refractivity contribution >= 4 is 28.9 Å². The fourth-order valence-electron chi connectivity index (χ4n) is 3.25. The molecule has 1 N–H and O–H groups in total. The molecule has 0 saturated heterocycles. The lowest BCUT2D eigenvalue weighted by atomic mass is 9.89. The Bertz CT molecular complexity index is 985. The van der Waals surface area contributed by atoms with E-state index in [9.17, 15) is 0 Å². The lowest BCUT2D eigenvalue weighted by Crippen LogP contribution is -2.28. The smallest absolute Gasteiger partial charge is 0.119 e. The van der Waals surface area contributed by atoms with Crippen LogP contribution in [0.15, 0.2) is 66.0 Å². The molecule has 2 aromatic carbocycles. The Hall–Kier alpha value is -2.56. The number of ether oxygens (including phenoxy) is 1. The topological polar surface area (TPSA) is 46.5 Å². The third-order valence-electron chi connectivity index (χ3n) is 4.64. The van der Waals surface area contributed by atoms with E-state index in [2.05, 4.69) is 27.6 Å². The fraction of sp³-hybridized carbons (Fsp3) is 0.143. The molecule has 0 saturated carbocycles. The highest BCUT2D eigenvalue weighted by Gasteiger charge is 2.25. The predicted molar refractivity (Wildman–Crippen MR) is 109 cm³/mol. The maximum Gasteiger partial charge on any atom is 0.119 e. The van der Waals surface area contributed by atoms with Crippen molar-refractivity contribution in [2.75, 3.05) is 7.11 Å². The Labute approximate surface area is 167 Å². The summed E-state index contributed by atoms with van der Waals surface area (Å²) in [5.74, 6) is 0.803. The molecule has 4 rings (SSSR count). The van der Waals surface area contributed by atoms with Crippen molar-refractivity contribution in [3.05, 3.63) is 93.2 Å². The summed E-state index contributed by atoms with van der Waals surface area (Å²) in [4.78, 5) is 4.02. The van der Waals surface area contributed by atoms with Crippen LogP contribution in [0, 0.1) is 0 Å². The number of methoxy groups -OCH3 is 1. The van der Waals surface area contributed by atoms with Gasteiger partial charge in [0.2, 0.25) is 0 Å². The third kappa shape index (κ3) is 3.51. The highest BCUT2D eigenvalue weighted by Crippen LogP contribution is 2.33. The van der Waals surface area contributed by atoms with Gasteiger partial charge in [-0.05, 0) is 34.9 Å². The zero-order valence-corrected chi connectivity index (χ0v) is 16.1. The largest absolute Gasteiger partial charge is 0.497 e. The first kappa shape index (κ1) is 17.8. The number of aromatic nitrogens is 1. The van der Waals surface area contributed by atoms with E-state index in [4.69, 9.17) is 27.9 Å². The SMILES string of the molecule is COc1ccc2c(c1)C(c1ccccc1)NN=C2Cc1c(Cl)cncc1Cl. The highest BCUT2D eigenvalue weighted by molar-refractivity contribution is 6.36. The summed E-state index contributed by atoms with van der Waals surface area (Å²) < 4.78 is 5.44. The second-order valence-corrected chi connectivity index (χ2v) is 7.06. The first-order valence-corrected chi connectivity index (χ1v) is 9.26. The first-order valence-electron chi connectivity index (χ1n) is 8.50. The maximum atomic E-state index is 6.31. The zero-order valence-electron chi connectivity index (χ0n) is 14.6. The predicted octanol–water partition coefficient (Wildman–Crippen LogP) is 5.04. The number of nitrogens with zero attached hydrogens (tertiary/aromatic N) is 2. The Morgan fingerprint density at radius 2 is 1.78 bits per heavy atom. The van der Waals surface area contributed by atoms with Crippen molar-refractivity contribution in [1.82, 2.24) is 10.4 Å². The molecule has 1 aliphatic heterocycles. The molecule has 0 aliphatic carbocycles. The van der Waals surface area contributed by atoms with E-state index in [-0.39, 0.29) is 6.04 Å². The number of nitrogens with one attached hydrogen (secondary N) is 1. The number of pyridine rings is 1. The molecule has 4 nitrogen and oxygen atoms in total. The summed E-state index contributed by atoms with van der Waals surface area (Å²) >= 11 is 12.6. The van der Waals surface area contributed by atoms with Gasteiger partial charge in [0, 0.05) is 24.4 Å². The maximum absolute atomic E-state index is 6.31. The van der Waals surface area contributed by atoms with Gasteiger partial charge in [0.25, 0.3) is 0 Å². The van der Waals surface area contributed by atoms with Crippen LogP contribution in [-0.4, -0.2) is 17.8 Å². The number of benzene rings is 2. The minimum Gasteiger partial charge on any atom is -0.497 e. The van der Waals surface area contributed by atoms with Crippen molar-refractivity contribution < 1.29 is 4.74 Å². The molecular formula is C21H17Cl2N3O. The molecule has 6 heteroatoms. The number of hydrogen-bond acceptors (Lipinski definition) is 4. The van der Waals surface area contributed by atoms with E-state index in [1.165, 1.54) is 0 Å². The van der Waals surface area contributed by atoms with Crippen LogP contribution in [0.4, 0.5) is 0 Å². The standard InChI is InChI=1S/C21H17Cl2N3O/c1-27-14-7-8-15-16(9-14)21(13-5-3-2-4-6-13)26-25-20(15)10-17-18(22)11-24-12-19(17)23/h2-9,11-12,21,26H,10H2,1H3. The summed E-state index contributed by atoms with van der Waals surface area (Å²) in [5, 5.41) is 5.72. The molecule has 0 spiro atoms. The summed E-state index contributed by atoms with van der Waals surface area (Å²) in [6, 6.07) is 16.2. The van der Waals surface area contributed by atoms with Crippen LogP contribution < -0.4 is 10.2 Å². The Morgan fingerprint density at radius 1 is 1.04 bits per heavy atom. The average molecular weight is 398 g/mol. The van der Waals surface area contributed by atoms with Gasteiger partial charge in [-0.25, -0.2) is 0 Å². The van der Waals surface area contributed by atoms with Crippen LogP contribution in [-0.2, 0) is 6.42 Å². The number of rotatable bonds is 4. The number of hydrogen-bond donors (Lipinski definition) is 1. The van der Waals surface area contributed by atoms with Gasteiger partial charge in [-0.2, -0.15) is 5.10 Å². The average Bonchev–Trinajstić information content (AvgIpc) is 2.71. The number of hydrazone groups is 1. The first-order chi connectivity index (χ1) is 13.2.